The van der Waals surface area contributed by atoms with Gasteiger partial charge >= 0.3 is 0 Å². The molecular weight excluding hydrogens is 477 g/mol. The summed E-state index contributed by atoms with van der Waals surface area (Å²) in [4.78, 5) is 21.4. The van der Waals surface area contributed by atoms with Crippen LogP contribution in [0, 0.1) is 5.82 Å². The molecule has 0 radical (unpaired) electrons. The number of carbonyl (C=O) groups excluding carboxylic acids is 1. The third-order valence-electron chi connectivity index (χ3n) is 3.65. The van der Waals surface area contributed by atoms with Crippen molar-refractivity contribution in [1.29, 1.82) is 0 Å². The van der Waals surface area contributed by atoms with E-state index in [1.54, 1.807) is 18.2 Å². The highest BCUT2D eigenvalue weighted by molar-refractivity contribution is 9.10. The Balaban J connectivity index is 1.96. The number of nitrogens with one attached hydrogen (secondary N) is 2. The maximum atomic E-state index is 15.1. The van der Waals surface area contributed by atoms with Crippen LogP contribution in [0.3, 0.4) is 0 Å². The summed E-state index contributed by atoms with van der Waals surface area (Å²) >= 11 is 10.7. The molecule has 0 bridgehead atoms. The number of halogens is 3. The first-order chi connectivity index (χ1) is 13.4. The van der Waals surface area contributed by atoms with E-state index < -0.39 is 24.4 Å². The second-order valence-corrected chi connectivity index (χ2v) is 7.85. The number of thiazole rings is 1. The number of fused-ring (bicyclic) bond motifs is 1. The van der Waals surface area contributed by atoms with Crippen molar-refractivity contribution >= 4 is 66.4 Å². The number of nitrogens with zero attached hydrogens (tertiary/aromatic N) is 1. The monoisotopic (exact) mass is 489 g/mol. The smallest absolute Gasteiger partial charge is 0.277 e. The van der Waals surface area contributed by atoms with Crippen molar-refractivity contribution in [3.8, 4) is 0 Å². The summed E-state index contributed by atoms with van der Waals surface area (Å²) in [6, 6.07) is 6.45. The Bertz CT molecular complexity index is 1020. The molecular formula is C17H14BrClFN3O4S. The van der Waals surface area contributed by atoms with Gasteiger partial charge in [-0.15, -0.1) is 11.3 Å². The molecule has 1 amide bonds. The van der Waals surface area contributed by atoms with Gasteiger partial charge in [-0.2, -0.15) is 0 Å². The average molecular weight is 491 g/mol. The standard InChI is InChI=1S/C17H14BrClFN3O4S/c18-8-1-2-12(11(19)3-8)22-15-10(17(26)23-27-6-9(25)5-24)4-13-16(14(15)20)21-7-28-13/h1-4,7,9,22,24-25H,5-6H2,(H,23,26). The van der Waals surface area contributed by atoms with Gasteiger partial charge in [-0.1, -0.05) is 27.5 Å². The fourth-order valence-electron chi connectivity index (χ4n) is 2.30. The minimum atomic E-state index is -1.15. The lowest BCUT2D eigenvalue weighted by molar-refractivity contribution is -0.0295. The van der Waals surface area contributed by atoms with E-state index in [-0.39, 0.29) is 23.4 Å². The highest BCUT2D eigenvalue weighted by Gasteiger charge is 2.22. The van der Waals surface area contributed by atoms with Crippen LogP contribution in [0.1, 0.15) is 10.4 Å². The number of carbonyl (C=O) groups is 1. The maximum absolute atomic E-state index is 15.1. The first-order valence-corrected chi connectivity index (χ1v) is 9.94. The van der Waals surface area contributed by atoms with Crippen molar-refractivity contribution < 1.29 is 24.2 Å². The van der Waals surface area contributed by atoms with Gasteiger partial charge in [0.15, 0.2) is 5.82 Å². The molecule has 4 N–H and O–H groups in total. The van der Waals surface area contributed by atoms with Gasteiger partial charge in [-0.05, 0) is 24.3 Å². The SMILES string of the molecule is O=C(NOCC(O)CO)c1cc2scnc2c(F)c1Nc1ccc(Br)cc1Cl. The predicted octanol–water partition coefficient (Wildman–Crippen LogP) is 3.61. The predicted molar refractivity (Wildman–Crippen MR) is 109 cm³/mol. The summed E-state index contributed by atoms with van der Waals surface area (Å²) in [6.07, 6.45) is -1.15. The van der Waals surface area contributed by atoms with Gasteiger partial charge in [0.25, 0.3) is 5.91 Å². The molecule has 2 aromatic carbocycles. The Labute approximate surface area is 176 Å². The van der Waals surface area contributed by atoms with Gasteiger partial charge in [0.2, 0.25) is 0 Å². The summed E-state index contributed by atoms with van der Waals surface area (Å²) in [6.45, 7) is -0.846. The lowest BCUT2D eigenvalue weighted by atomic mass is 10.1. The van der Waals surface area contributed by atoms with Gasteiger partial charge in [-0.25, -0.2) is 14.9 Å². The number of aliphatic hydroxyl groups excluding tert-OH is 2. The molecule has 1 aromatic heterocycles. The van der Waals surface area contributed by atoms with Crippen LogP contribution >= 0.6 is 38.9 Å². The summed E-state index contributed by atoms with van der Waals surface area (Å²) < 4.78 is 16.3. The molecule has 0 spiro atoms. The number of amides is 1. The van der Waals surface area contributed by atoms with E-state index in [1.165, 1.54) is 22.9 Å². The summed E-state index contributed by atoms with van der Waals surface area (Å²) in [5.41, 5.74) is 3.95. The van der Waals surface area contributed by atoms with Gasteiger partial charge in [-0.3, -0.25) is 9.63 Å². The maximum Gasteiger partial charge on any atom is 0.277 e. The molecule has 1 heterocycles. The van der Waals surface area contributed by atoms with E-state index in [0.29, 0.717) is 15.4 Å². The number of aromatic nitrogens is 1. The molecule has 0 aliphatic heterocycles. The van der Waals surface area contributed by atoms with Crippen LogP contribution in [-0.4, -0.2) is 40.4 Å². The largest absolute Gasteiger partial charge is 0.394 e. The Morgan fingerprint density at radius 3 is 2.93 bits per heavy atom. The van der Waals surface area contributed by atoms with E-state index in [0.717, 1.165) is 4.47 Å². The summed E-state index contributed by atoms with van der Waals surface area (Å²) in [5, 5.41) is 21.2. The first-order valence-electron chi connectivity index (χ1n) is 7.89. The zero-order valence-electron chi connectivity index (χ0n) is 14.1. The minimum absolute atomic E-state index is 0.0354. The van der Waals surface area contributed by atoms with Gasteiger partial charge in [0.05, 0.1) is 38.8 Å². The molecule has 3 aromatic rings. The molecule has 11 heteroatoms. The molecule has 0 fully saturated rings. The highest BCUT2D eigenvalue weighted by Crippen LogP contribution is 2.35. The summed E-state index contributed by atoms with van der Waals surface area (Å²) in [7, 11) is 0. The van der Waals surface area contributed by atoms with Gasteiger partial charge < -0.3 is 15.5 Å². The van der Waals surface area contributed by atoms with Crippen LogP contribution in [0.5, 0.6) is 0 Å². The second-order valence-electron chi connectivity index (χ2n) is 5.64. The van der Waals surface area contributed by atoms with Crippen LogP contribution in [0.25, 0.3) is 10.2 Å². The number of aliphatic hydroxyl groups is 2. The molecule has 28 heavy (non-hydrogen) atoms. The van der Waals surface area contributed by atoms with E-state index in [2.05, 4.69) is 31.7 Å². The lowest BCUT2D eigenvalue weighted by Crippen LogP contribution is -2.30. The Morgan fingerprint density at radius 1 is 1.43 bits per heavy atom. The molecule has 0 saturated heterocycles. The lowest BCUT2D eigenvalue weighted by Gasteiger charge is -2.15. The van der Waals surface area contributed by atoms with Crippen LogP contribution in [0.4, 0.5) is 15.8 Å². The number of hydrogen-bond acceptors (Lipinski definition) is 7. The quantitative estimate of drug-likeness (QED) is 0.377. The zero-order valence-corrected chi connectivity index (χ0v) is 17.2. The Kier molecular flexibility index (Phi) is 6.81. The van der Waals surface area contributed by atoms with Gasteiger partial charge in [0.1, 0.15) is 18.2 Å². The fourth-order valence-corrected chi connectivity index (χ4v) is 3.73. The van der Waals surface area contributed by atoms with E-state index >= 15 is 4.39 Å². The van der Waals surface area contributed by atoms with Crippen LogP contribution < -0.4 is 10.8 Å². The van der Waals surface area contributed by atoms with Crippen molar-refractivity contribution in [3.63, 3.8) is 0 Å². The highest BCUT2D eigenvalue weighted by atomic mass is 79.9. The third kappa shape index (κ3) is 4.59. The number of rotatable bonds is 7. The van der Waals surface area contributed by atoms with Crippen molar-refractivity contribution in [2.75, 3.05) is 18.5 Å². The number of hydrogen-bond donors (Lipinski definition) is 4. The molecule has 7 nitrogen and oxygen atoms in total. The van der Waals surface area contributed by atoms with Crippen molar-refractivity contribution in [2.45, 2.75) is 6.10 Å². The van der Waals surface area contributed by atoms with E-state index in [9.17, 15) is 9.90 Å². The fraction of sp³-hybridized carbons (Fsp3) is 0.176. The zero-order chi connectivity index (χ0) is 20.3. The first kappa shape index (κ1) is 20.9. The minimum Gasteiger partial charge on any atom is -0.394 e. The van der Waals surface area contributed by atoms with Crippen molar-refractivity contribution in [2.24, 2.45) is 0 Å². The van der Waals surface area contributed by atoms with Crippen molar-refractivity contribution in [3.05, 3.63) is 50.7 Å². The molecule has 1 atom stereocenters. The molecule has 1 unspecified atom stereocenters. The number of anilines is 2. The third-order valence-corrected chi connectivity index (χ3v) is 5.24. The van der Waals surface area contributed by atoms with Crippen LogP contribution in [-0.2, 0) is 4.84 Å². The molecule has 3 rings (SSSR count). The van der Waals surface area contributed by atoms with Crippen molar-refractivity contribution in [1.82, 2.24) is 10.5 Å². The number of hydroxylamine groups is 1. The molecule has 0 saturated carbocycles. The van der Waals surface area contributed by atoms with Crippen LogP contribution in [0.2, 0.25) is 5.02 Å². The molecule has 148 valence electrons. The normalized spacial score (nSPS) is 12.2. The summed E-state index contributed by atoms with van der Waals surface area (Å²) in [5.74, 6) is -1.45. The van der Waals surface area contributed by atoms with Gasteiger partial charge in [0, 0.05) is 4.47 Å². The second kappa shape index (κ2) is 9.12. The molecule has 0 aliphatic rings. The average Bonchev–Trinajstić information content (AvgIpc) is 3.14. The van der Waals surface area contributed by atoms with E-state index in [4.69, 9.17) is 21.5 Å². The number of benzene rings is 2. The molecule has 0 aliphatic carbocycles. The van der Waals surface area contributed by atoms with Crippen LogP contribution in [0.15, 0.2) is 34.2 Å². The Hall–Kier alpha value is -1.82. The topological polar surface area (TPSA) is 104 Å². The Morgan fingerprint density at radius 2 is 2.21 bits per heavy atom. The van der Waals surface area contributed by atoms with E-state index in [1.807, 2.05) is 0 Å².